The number of fused-ring (bicyclic) bond motifs is 1. The fraction of sp³-hybridized carbons (Fsp3) is 0.350. The molecule has 3 nitrogen and oxygen atoms in total. The lowest BCUT2D eigenvalue weighted by atomic mass is 9.89. The minimum absolute atomic E-state index is 0.202. The van der Waals surface area contributed by atoms with Crippen molar-refractivity contribution < 1.29 is 9.47 Å². The quantitative estimate of drug-likeness (QED) is 0.838. The van der Waals surface area contributed by atoms with E-state index in [-0.39, 0.29) is 6.04 Å². The van der Waals surface area contributed by atoms with Gasteiger partial charge in [-0.2, -0.15) is 0 Å². The molecule has 2 aromatic rings. The molecule has 3 rings (SSSR count). The van der Waals surface area contributed by atoms with Crippen LogP contribution in [0.25, 0.3) is 0 Å². The molecular weight excluding hydrogens is 286 g/mol. The molecule has 0 aliphatic heterocycles. The maximum atomic E-state index is 5.56. The van der Waals surface area contributed by atoms with Crippen molar-refractivity contribution >= 4 is 5.71 Å². The lowest BCUT2D eigenvalue weighted by Crippen LogP contribution is -2.16. The highest BCUT2D eigenvalue weighted by Crippen LogP contribution is 2.37. The van der Waals surface area contributed by atoms with E-state index in [9.17, 15) is 0 Å². The Bertz CT molecular complexity index is 707. The van der Waals surface area contributed by atoms with Crippen LogP contribution in [0.1, 0.15) is 36.1 Å². The van der Waals surface area contributed by atoms with Crippen LogP contribution >= 0.6 is 0 Å². The van der Waals surface area contributed by atoms with Gasteiger partial charge >= 0.3 is 0 Å². The Morgan fingerprint density at radius 1 is 0.957 bits per heavy atom. The first-order chi connectivity index (χ1) is 11.2. The molecule has 0 spiro atoms. The molecule has 0 radical (unpaired) electrons. The van der Waals surface area contributed by atoms with E-state index >= 15 is 0 Å². The van der Waals surface area contributed by atoms with Crippen molar-refractivity contribution in [3.05, 3.63) is 59.2 Å². The van der Waals surface area contributed by atoms with Crippen LogP contribution in [-0.2, 0) is 12.8 Å². The summed E-state index contributed by atoms with van der Waals surface area (Å²) >= 11 is 0. The fourth-order valence-corrected chi connectivity index (χ4v) is 3.24. The molecule has 1 atom stereocenters. The van der Waals surface area contributed by atoms with Crippen LogP contribution in [0.3, 0.4) is 0 Å². The molecule has 0 saturated carbocycles. The SMILES string of the molecule is COc1ccc2c(c1OC)CCC(=N[C@H](C)c1ccccc1)C2. The number of ether oxygens (including phenoxy) is 2. The van der Waals surface area contributed by atoms with Gasteiger partial charge in [-0.15, -0.1) is 0 Å². The van der Waals surface area contributed by atoms with Gasteiger partial charge in [0.05, 0.1) is 20.3 Å². The molecule has 0 N–H and O–H groups in total. The summed E-state index contributed by atoms with van der Waals surface area (Å²) in [5.41, 5.74) is 5.09. The second-order valence-corrected chi connectivity index (χ2v) is 5.90. The highest BCUT2D eigenvalue weighted by molar-refractivity contribution is 5.89. The molecule has 1 aliphatic rings. The van der Waals surface area contributed by atoms with Crippen molar-refractivity contribution in [3.63, 3.8) is 0 Å². The third kappa shape index (κ3) is 3.24. The maximum Gasteiger partial charge on any atom is 0.164 e. The molecule has 0 unspecified atom stereocenters. The highest BCUT2D eigenvalue weighted by Gasteiger charge is 2.21. The van der Waals surface area contributed by atoms with E-state index in [0.29, 0.717) is 0 Å². The number of nitrogens with zero attached hydrogens (tertiary/aromatic N) is 1. The van der Waals surface area contributed by atoms with Crippen molar-refractivity contribution in [1.82, 2.24) is 0 Å². The van der Waals surface area contributed by atoms with Gasteiger partial charge in [0.25, 0.3) is 0 Å². The largest absolute Gasteiger partial charge is 0.493 e. The Kier molecular flexibility index (Phi) is 4.65. The zero-order valence-electron chi connectivity index (χ0n) is 14.0. The Morgan fingerprint density at radius 3 is 2.43 bits per heavy atom. The van der Waals surface area contributed by atoms with E-state index in [2.05, 4.69) is 37.3 Å². The summed E-state index contributed by atoms with van der Waals surface area (Å²) in [6.07, 6.45) is 2.83. The van der Waals surface area contributed by atoms with Gasteiger partial charge < -0.3 is 9.47 Å². The third-order valence-electron chi connectivity index (χ3n) is 4.46. The standard InChI is InChI=1S/C20H23NO2/c1-14(15-7-5-4-6-8-15)21-17-10-11-18-16(13-17)9-12-19(22-2)20(18)23-3/h4-9,12,14H,10-11,13H2,1-3H3/t14-/m1/s1. The second-order valence-electron chi connectivity index (χ2n) is 5.90. The van der Waals surface area contributed by atoms with E-state index < -0.39 is 0 Å². The van der Waals surface area contributed by atoms with Gasteiger partial charge in [-0.1, -0.05) is 36.4 Å². The third-order valence-corrected chi connectivity index (χ3v) is 4.46. The van der Waals surface area contributed by atoms with Gasteiger partial charge in [0.15, 0.2) is 11.5 Å². The lowest BCUT2D eigenvalue weighted by Gasteiger charge is -2.22. The van der Waals surface area contributed by atoms with Crippen LogP contribution in [0.5, 0.6) is 11.5 Å². The number of aliphatic imine (C=N–C) groups is 1. The van der Waals surface area contributed by atoms with E-state index in [1.807, 2.05) is 12.1 Å². The first kappa shape index (κ1) is 15.6. The normalized spacial score (nSPS) is 16.7. The van der Waals surface area contributed by atoms with Gasteiger partial charge in [0, 0.05) is 17.7 Å². The van der Waals surface area contributed by atoms with Crippen molar-refractivity contribution in [2.24, 2.45) is 4.99 Å². The maximum absolute atomic E-state index is 5.56. The Balaban J connectivity index is 1.84. The Hall–Kier alpha value is -2.29. The Labute approximate surface area is 138 Å². The van der Waals surface area contributed by atoms with E-state index in [4.69, 9.17) is 14.5 Å². The molecular formula is C20H23NO2. The summed E-state index contributed by atoms with van der Waals surface area (Å²) in [4.78, 5) is 4.95. The number of methoxy groups -OCH3 is 2. The van der Waals surface area contributed by atoms with Gasteiger partial charge in [-0.05, 0) is 37.0 Å². The van der Waals surface area contributed by atoms with Gasteiger partial charge in [0.1, 0.15) is 0 Å². The Morgan fingerprint density at radius 2 is 1.74 bits per heavy atom. The van der Waals surface area contributed by atoms with Crippen LogP contribution in [0.4, 0.5) is 0 Å². The average Bonchev–Trinajstić information content (AvgIpc) is 2.61. The van der Waals surface area contributed by atoms with Crippen LogP contribution < -0.4 is 9.47 Å². The first-order valence-electron chi connectivity index (χ1n) is 8.06. The lowest BCUT2D eigenvalue weighted by molar-refractivity contribution is 0.351. The van der Waals surface area contributed by atoms with Crippen molar-refractivity contribution in [3.8, 4) is 11.5 Å². The topological polar surface area (TPSA) is 30.8 Å². The fourth-order valence-electron chi connectivity index (χ4n) is 3.24. The van der Waals surface area contributed by atoms with E-state index in [0.717, 1.165) is 30.8 Å². The van der Waals surface area contributed by atoms with Crippen molar-refractivity contribution in [2.75, 3.05) is 14.2 Å². The number of hydrogen-bond acceptors (Lipinski definition) is 3. The predicted octanol–water partition coefficient (Wildman–Crippen LogP) is 4.39. The molecule has 1 aliphatic carbocycles. The molecule has 3 heteroatoms. The molecule has 0 heterocycles. The molecule has 0 amide bonds. The van der Waals surface area contributed by atoms with E-state index in [1.165, 1.54) is 22.4 Å². The van der Waals surface area contributed by atoms with Crippen LogP contribution in [0, 0.1) is 0 Å². The monoisotopic (exact) mass is 309 g/mol. The summed E-state index contributed by atoms with van der Waals surface area (Å²) in [6, 6.07) is 14.8. The predicted molar refractivity (Wildman–Crippen MR) is 93.9 cm³/mol. The summed E-state index contributed by atoms with van der Waals surface area (Å²) in [6.45, 7) is 2.16. The minimum Gasteiger partial charge on any atom is -0.493 e. The summed E-state index contributed by atoms with van der Waals surface area (Å²) in [5, 5.41) is 0. The molecule has 0 aromatic heterocycles. The summed E-state index contributed by atoms with van der Waals surface area (Å²) < 4.78 is 11.0. The molecule has 120 valence electrons. The number of hydrogen-bond donors (Lipinski definition) is 0. The molecule has 0 saturated heterocycles. The number of rotatable bonds is 4. The van der Waals surface area contributed by atoms with E-state index in [1.54, 1.807) is 14.2 Å². The summed E-state index contributed by atoms with van der Waals surface area (Å²) in [7, 11) is 3.39. The zero-order chi connectivity index (χ0) is 16.2. The first-order valence-corrected chi connectivity index (χ1v) is 8.06. The zero-order valence-corrected chi connectivity index (χ0v) is 14.0. The average molecular weight is 309 g/mol. The van der Waals surface area contributed by atoms with Crippen LogP contribution in [0.2, 0.25) is 0 Å². The van der Waals surface area contributed by atoms with Gasteiger partial charge in [-0.25, -0.2) is 0 Å². The van der Waals surface area contributed by atoms with Crippen LogP contribution in [0.15, 0.2) is 47.5 Å². The van der Waals surface area contributed by atoms with Gasteiger partial charge in [-0.3, -0.25) is 4.99 Å². The highest BCUT2D eigenvalue weighted by atomic mass is 16.5. The molecule has 23 heavy (non-hydrogen) atoms. The molecule has 0 fully saturated rings. The number of benzene rings is 2. The van der Waals surface area contributed by atoms with Crippen molar-refractivity contribution in [2.45, 2.75) is 32.2 Å². The minimum atomic E-state index is 0.202. The van der Waals surface area contributed by atoms with Crippen molar-refractivity contribution in [1.29, 1.82) is 0 Å². The smallest absolute Gasteiger partial charge is 0.164 e. The molecule has 0 bridgehead atoms. The van der Waals surface area contributed by atoms with Gasteiger partial charge in [0.2, 0.25) is 0 Å². The second kappa shape index (κ2) is 6.86. The summed E-state index contributed by atoms with van der Waals surface area (Å²) in [5.74, 6) is 1.68. The van der Waals surface area contributed by atoms with Crippen LogP contribution in [-0.4, -0.2) is 19.9 Å². The molecule has 2 aromatic carbocycles.